The van der Waals surface area contributed by atoms with Crippen LogP contribution in [0, 0.1) is 6.92 Å². The molecule has 1 aliphatic rings. The van der Waals surface area contributed by atoms with E-state index in [1.54, 1.807) is 16.8 Å². The van der Waals surface area contributed by atoms with Crippen LogP contribution < -0.4 is 15.8 Å². The minimum atomic E-state index is -0.188. The number of rotatable bonds is 5. The molecule has 1 aliphatic carbocycles. The predicted molar refractivity (Wildman–Crippen MR) is 126 cm³/mol. The Hall–Kier alpha value is -3.94. The predicted octanol–water partition coefficient (Wildman–Crippen LogP) is 3.76. The third-order valence-electron chi connectivity index (χ3n) is 6.40. The van der Waals surface area contributed by atoms with Crippen LogP contribution in [0.15, 0.2) is 55.0 Å². The van der Waals surface area contributed by atoms with E-state index in [9.17, 15) is 4.79 Å². The molecule has 4 aromatic rings. The topological polar surface area (TPSA) is 107 Å². The van der Waals surface area contributed by atoms with Crippen LogP contribution in [0.25, 0.3) is 16.8 Å². The van der Waals surface area contributed by atoms with Crippen LogP contribution >= 0.6 is 0 Å². The van der Waals surface area contributed by atoms with Crippen LogP contribution in [0.1, 0.15) is 46.7 Å². The lowest BCUT2D eigenvalue weighted by Gasteiger charge is -2.15. The molecule has 3 N–H and O–H groups in total. The number of ether oxygens (including phenoxy) is 1. The molecule has 33 heavy (non-hydrogen) atoms. The second-order valence-electron chi connectivity index (χ2n) is 8.49. The summed E-state index contributed by atoms with van der Waals surface area (Å²) < 4.78 is 7.13. The zero-order chi connectivity index (χ0) is 22.9. The van der Waals surface area contributed by atoms with Gasteiger partial charge in [-0.05, 0) is 55.4 Å². The quantitative estimate of drug-likeness (QED) is 0.487. The van der Waals surface area contributed by atoms with Gasteiger partial charge in [0.25, 0.3) is 5.91 Å². The second kappa shape index (κ2) is 8.54. The van der Waals surface area contributed by atoms with Gasteiger partial charge in [0.1, 0.15) is 17.4 Å². The van der Waals surface area contributed by atoms with Gasteiger partial charge in [0.15, 0.2) is 5.82 Å². The third-order valence-corrected chi connectivity index (χ3v) is 6.40. The highest BCUT2D eigenvalue weighted by molar-refractivity contribution is 5.97. The van der Waals surface area contributed by atoms with E-state index in [0.717, 1.165) is 41.6 Å². The molecule has 3 aromatic heterocycles. The van der Waals surface area contributed by atoms with E-state index in [1.165, 1.54) is 19.0 Å². The number of nitrogens with one attached hydrogen (secondary N) is 1. The highest BCUT2D eigenvalue weighted by atomic mass is 16.5. The van der Waals surface area contributed by atoms with Crippen LogP contribution in [0.2, 0.25) is 0 Å². The fraction of sp³-hybridized carbons (Fsp3) is 0.280. The van der Waals surface area contributed by atoms with Crippen LogP contribution in [0.5, 0.6) is 5.88 Å². The summed E-state index contributed by atoms with van der Waals surface area (Å²) in [5.41, 5.74) is 11.0. The van der Waals surface area contributed by atoms with Crippen molar-refractivity contribution in [2.24, 2.45) is 0 Å². The number of methoxy groups -OCH3 is 1. The molecule has 8 heteroatoms. The third kappa shape index (κ3) is 3.88. The molecule has 1 aromatic carbocycles. The highest BCUT2D eigenvalue weighted by Gasteiger charge is 2.28. The lowest BCUT2D eigenvalue weighted by atomic mass is 9.97. The van der Waals surface area contributed by atoms with Crippen LogP contribution in [0.3, 0.4) is 0 Å². The molecular formula is C25H26N6O2. The molecule has 0 radical (unpaired) electrons. The Morgan fingerprint density at radius 2 is 2.00 bits per heavy atom. The van der Waals surface area contributed by atoms with Crippen molar-refractivity contribution < 1.29 is 9.53 Å². The summed E-state index contributed by atoms with van der Waals surface area (Å²) in [6.45, 7) is 1.95. The first-order valence-electron chi connectivity index (χ1n) is 11.0. The molecule has 168 valence electrons. The number of amides is 1. The number of hydrogen-bond acceptors (Lipinski definition) is 6. The molecular weight excluding hydrogens is 416 g/mol. The molecule has 0 saturated heterocycles. The number of nitrogens with two attached hydrogens (primary N) is 1. The highest BCUT2D eigenvalue weighted by Crippen LogP contribution is 2.35. The summed E-state index contributed by atoms with van der Waals surface area (Å²) in [5, 5.41) is 7.53. The SMILES string of the molecule is COc1ncc(-c2cc(C)c3c(N)ncnn23)cc1C(=O)NC1CCC(c2ccccc2)C1. The minimum Gasteiger partial charge on any atom is -0.480 e. The number of nitrogen functional groups attached to an aromatic ring is 1. The first-order chi connectivity index (χ1) is 16.0. The Balaban J connectivity index is 1.41. The van der Waals surface area contributed by atoms with Crippen molar-refractivity contribution in [3.05, 3.63) is 71.7 Å². The van der Waals surface area contributed by atoms with Crippen molar-refractivity contribution in [2.45, 2.75) is 38.1 Å². The van der Waals surface area contributed by atoms with Crippen LogP contribution in [0.4, 0.5) is 5.82 Å². The first-order valence-corrected chi connectivity index (χ1v) is 11.0. The molecule has 8 nitrogen and oxygen atoms in total. The van der Waals surface area contributed by atoms with Gasteiger partial charge in [-0.2, -0.15) is 5.10 Å². The van der Waals surface area contributed by atoms with E-state index < -0.39 is 0 Å². The van der Waals surface area contributed by atoms with E-state index >= 15 is 0 Å². The standard InChI is InChI=1S/C25H26N6O2/c1-15-10-21(31-22(15)23(26)28-14-29-31)18-12-20(25(33-2)27-13-18)24(32)30-19-9-8-17(11-19)16-6-4-3-5-7-16/h3-7,10,12-14,17,19H,8-9,11H2,1-2H3,(H,30,32)(H2,26,28,29). The summed E-state index contributed by atoms with van der Waals surface area (Å²) in [7, 11) is 1.52. The first kappa shape index (κ1) is 20.9. The summed E-state index contributed by atoms with van der Waals surface area (Å²) in [6, 6.07) is 14.3. The zero-order valence-electron chi connectivity index (χ0n) is 18.7. The molecule has 5 rings (SSSR count). The second-order valence-corrected chi connectivity index (χ2v) is 8.49. The normalized spacial score (nSPS) is 17.9. The Labute approximate surface area is 191 Å². The largest absolute Gasteiger partial charge is 0.480 e. The van der Waals surface area contributed by atoms with Crippen LogP contribution in [-0.2, 0) is 0 Å². The maximum Gasteiger partial charge on any atom is 0.257 e. The molecule has 2 unspecified atom stereocenters. The Morgan fingerprint density at radius 3 is 2.79 bits per heavy atom. The van der Waals surface area contributed by atoms with Gasteiger partial charge in [-0.1, -0.05) is 30.3 Å². The number of hydrogen-bond donors (Lipinski definition) is 2. The van der Waals surface area contributed by atoms with Crippen molar-refractivity contribution in [3.63, 3.8) is 0 Å². The molecule has 0 spiro atoms. The van der Waals surface area contributed by atoms with Crippen molar-refractivity contribution in [1.29, 1.82) is 0 Å². The number of fused-ring (bicyclic) bond motifs is 1. The lowest BCUT2D eigenvalue weighted by Crippen LogP contribution is -2.33. The molecule has 0 bridgehead atoms. The van der Waals surface area contributed by atoms with Gasteiger partial charge >= 0.3 is 0 Å². The molecule has 0 aliphatic heterocycles. The summed E-state index contributed by atoms with van der Waals surface area (Å²) in [6.07, 6.45) is 6.01. The van der Waals surface area contributed by atoms with E-state index in [2.05, 4.69) is 44.6 Å². The van der Waals surface area contributed by atoms with E-state index in [1.807, 2.05) is 19.1 Å². The fourth-order valence-electron chi connectivity index (χ4n) is 4.78. The van der Waals surface area contributed by atoms with E-state index in [4.69, 9.17) is 10.5 Å². The van der Waals surface area contributed by atoms with Crippen molar-refractivity contribution in [1.82, 2.24) is 24.9 Å². The summed E-state index contributed by atoms with van der Waals surface area (Å²) in [5.74, 6) is 0.970. The van der Waals surface area contributed by atoms with Gasteiger partial charge in [0.2, 0.25) is 5.88 Å². The van der Waals surface area contributed by atoms with Gasteiger partial charge in [-0.15, -0.1) is 0 Å². The number of aryl methyl sites for hydroxylation is 1. The number of anilines is 1. The van der Waals surface area contributed by atoms with Crippen LogP contribution in [-0.4, -0.2) is 38.6 Å². The maximum absolute atomic E-state index is 13.2. The number of carbonyl (C=O) groups is 1. The average molecular weight is 443 g/mol. The van der Waals surface area contributed by atoms with Gasteiger partial charge in [-0.3, -0.25) is 4.79 Å². The Bertz CT molecular complexity index is 1320. The van der Waals surface area contributed by atoms with Gasteiger partial charge in [-0.25, -0.2) is 14.5 Å². The molecule has 1 saturated carbocycles. The van der Waals surface area contributed by atoms with E-state index in [0.29, 0.717) is 23.2 Å². The lowest BCUT2D eigenvalue weighted by molar-refractivity contribution is 0.0934. The molecule has 2 atom stereocenters. The Morgan fingerprint density at radius 1 is 1.18 bits per heavy atom. The van der Waals surface area contributed by atoms with Gasteiger partial charge in [0.05, 0.1) is 12.8 Å². The number of pyridine rings is 1. The van der Waals surface area contributed by atoms with E-state index in [-0.39, 0.29) is 11.9 Å². The summed E-state index contributed by atoms with van der Waals surface area (Å²) >= 11 is 0. The van der Waals surface area contributed by atoms with Gasteiger partial charge < -0.3 is 15.8 Å². The summed E-state index contributed by atoms with van der Waals surface area (Å²) in [4.78, 5) is 21.7. The Kier molecular flexibility index (Phi) is 5.42. The molecule has 1 fully saturated rings. The maximum atomic E-state index is 13.2. The number of carbonyl (C=O) groups excluding carboxylic acids is 1. The fourth-order valence-corrected chi connectivity index (χ4v) is 4.78. The smallest absolute Gasteiger partial charge is 0.257 e. The minimum absolute atomic E-state index is 0.111. The zero-order valence-corrected chi connectivity index (χ0v) is 18.7. The number of nitrogens with zero attached hydrogens (tertiary/aromatic N) is 4. The average Bonchev–Trinajstić information content (AvgIpc) is 3.44. The van der Waals surface area contributed by atoms with Crippen molar-refractivity contribution >= 4 is 17.2 Å². The number of benzene rings is 1. The van der Waals surface area contributed by atoms with Gasteiger partial charge in [0, 0.05) is 17.8 Å². The molecule has 1 amide bonds. The monoisotopic (exact) mass is 442 g/mol. The van der Waals surface area contributed by atoms with Crippen molar-refractivity contribution in [3.8, 4) is 17.1 Å². The molecule has 3 heterocycles. The number of aromatic nitrogens is 4. The van der Waals surface area contributed by atoms with Crippen molar-refractivity contribution in [2.75, 3.05) is 12.8 Å².